The summed E-state index contributed by atoms with van der Waals surface area (Å²) in [6, 6.07) is 11.2. The second-order valence-electron chi connectivity index (χ2n) is 6.33. The van der Waals surface area contributed by atoms with E-state index in [0.29, 0.717) is 5.76 Å². The van der Waals surface area contributed by atoms with Crippen molar-refractivity contribution in [3.63, 3.8) is 0 Å². The van der Waals surface area contributed by atoms with Crippen LogP contribution in [0.4, 0.5) is 5.69 Å². The van der Waals surface area contributed by atoms with Crippen molar-refractivity contribution in [1.82, 2.24) is 4.90 Å². The molecule has 9 heteroatoms. The van der Waals surface area contributed by atoms with Gasteiger partial charge in [-0.15, -0.1) is 11.3 Å². The fourth-order valence-corrected chi connectivity index (χ4v) is 3.96. The molecular formula is C20H14N2O6S. The van der Waals surface area contributed by atoms with Crippen LogP contribution in [0.2, 0.25) is 0 Å². The molecule has 0 saturated carbocycles. The van der Waals surface area contributed by atoms with Gasteiger partial charge in [0.15, 0.2) is 0 Å². The molecule has 1 amide bonds. The predicted octanol–water partition coefficient (Wildman–Crippen LogP) is 3.87. The summed E-state index contributed by atoms with van der Waals surface area (Å²) < 4.78 is 5.45. The molecule has 1 aromatic carbocycles. The molecule has 4 rings (SSSR count). The molecule has 1 aliphatic heterocycles. The molecule has 1 N–H and O–H groups in total. The molecule has 29 heavy (non-hydrogen) atoms. The number of hydrogen-bond donors (Lipinski definition) is 1. The van der Waals surface area contributed by atoms with Gasteiger partial charge in [-0.3, -0.25) is 19.7 Å². The molecular weight excluding hydrogens is 396 g/mol. The van der Waals surface area contributed by atoms with Crippen molar-refractivity contribution in [1.29, 1.82) is 0 Å². The number of hydrogen-bond acceptors (Lipinski definition) is 7. The Kier molecular flexibility index (Phi) is 4.73. The normalized spacial score (nSPS) is 18.3. The van der Waals surface area contributed by atoms with Crippen molar-refractivity contribution in [2.75, 3.05) is 0 Å². The van der Waals surface area contributed by atoms with Gasteiger partial charge < -0.3 is 14.4 Å². The number of benzene rings is 1. The van der Waals surface area contributed by atoms with Gasteiger partial charge in [0, 0.05) is 22.6 Å². The van der Waals surface area contributed by atoms with Crippen molar-refractivity contribution in [2.24, 2.45) is 0 Å². The van der Waals surface area contributed by atoms with Gasteiger partial charge in [-0.1, -0.05) is 6.07 Å². The SMILES string of the molecule is O=C1C(=O)N(Cc2cccs2)C(c2ccco2)/C1=C(/O)c1ccc([N+](=O)[O-])cc1. The number of thiophene rings is 1. The number of furan rings is 1. The van der Waals surface area contributed by atoms with Crippen LogP contribution in [0, 0.1) is 10.1 Å². The molecule has 1 unspecified atom stereocenters. The van der Waals surface area contributed by atoms with Gasteiger partial charge in [-0.05, 0) is 35.7 Å². The van der Waals surface area contributed by atoms with E-state index in [0.717, 1.165) is 4.88 Å². The zero-order valence-corrected chi connectivity index (χ0v) is 15.7. The number of nitrogens with zero attached hydrogens (tertiary/aromatic N) is 2. The summed E-state index contributed by atoms with van der Waals surface area (Å²) in [5.41, 5.74) is -0.0704. The number of non-ortho nitro benzene ring substituents is 1. The van der Waals surface area contributed by atoms with Crippen LogP contribution >= 0.6 is 11.3 Å². The lowest BCUT2D eigenvalue weighted by Crippen LogP contribution is -2.28. The monoisotopic (exact) mass is 410 g/mol. The summed E-state index contributed by atoms with van der Waals surface area (Å²) in [4.78, 5) is 38.0. The number of ketones is 1. The van der Waals surface area contributed by atoms with Crippen molar-refractivity contribution < 1.29 is 24.0 Å². The summed E-state index contributed by atoms with van der Waals surface area (Å²) in [7, 11) is 0. The molecule has 146 valence electrons. The van der Waals surface area contributed by atoms with Crippen LogP contribution in [-0.4, -0.2) is 26.6 Å². The highest BCUT2D eigenvalue weighted by atomic mass is 32.1. The van der Waals surface area contributed by atoms with Crippen LogP contribution in [0.5, 0.6) is 0 Å². The van der Waals surface area contributed by atoms with Gasteiger partial charge in [-0.25, -0.2) is 0 Å². The van der Waals surface area contributed by atoms with Crippen LogP contribution in [0.15, 0.2) is 70.2 Å². The molecule has 1 atom stereocenters. The summed E-state index contributed by atoms with van der Waals surface area (Å²) in [6.07, 6.45) is 1.42. The predicted molar refractivity (Wildman–Crippen MR) is 104 cm³/mol. The Balaban J connectivity index is 1.81. The fourth-order valence-electron chi connectivity index (χ4n) is 3.25. The number of likely N-dealkylation sites (tertiary alicyclic amines) is 1. The Morgan fingerprint density at radius 1 is 1.17 bits per heavy atom. The maximum atomic E-state index is 12.8. The van der Waals surface area contributed by atoms with Crippen LogP contribution in [0.1, 0.15) is 22.2 Å². The number of Topliss-reactive ketones (excluding diaryl/α,β-unsaturated/α-hetero) is 1. The highest BCUT2D eigenvalue weighted by molar-refractivity contribution is 7.09. The topological polar surface area (TPSA) is 114 Å². The molecule has 0 bridgehead atoms. The molecule has 0 radical (unpaired) electrons. The third-order valence-electron chi connectivity index (χ3n) is 4.61. The molecule has 8 nitrogen and oxygen atoms in total. The average molecular weight is 410 g/mol. The minimum Gasteiger partial charge on any atom is -0.507 e. The Morgan fingerprint density at radius 3 is 2.52 bits per heavy atom. The number of aliphatic hydroxyl groups is 1. The van der Waals surface area contributed by atoms with Gasteiger partial charge in [0.25, 0.3) is 17.4 Å². The van der Waals surface area contributed by atoms with E-state index in [1.165, 1.54) is 46.8 Å². The smallest absolute Gasteiger partial charge is 0.296 e. The number of amides is 1. The number of rotatable bonds is 5. The first-order valence-electron chi connectivity index (χ1n) is 8.56. The number of carbonyl (C=O) groups is 2. The van der Waals surface area contributed by atoms with Crippen LogP contribution in [0.25, 0.3) is 5.76 Å². The third-order valence-corrected chi connectivity index (χ3v) is 5.47. The Bertz CT molecular complexity index is 1100. The standard InChI is InChI=1S/C20H14N2O6S/c23-18(12-5-7-13(8-6-12)22(26)27)16-17(15-4-1-9-28-15)21(20(25)19(16)24)11-14-3-2-10-29-14/h1-10,17,23H,11H2/b18-16-. The van der Waals surface area contributed by atoms with Gasteiger partial charge >= 0.3 is 0 Å². The zero-order valence-electron chi connectivity index (χ0n) is 14.8. The van der Waals surface area contributed by atoms with Crippen LogP contribution in [-0.2, 0) is 16.1 Å². The maximum absolute atomic E-state index is 12.8. The summed E-state index contributed by atoms with van der Waals surface area (Å²) in [5.74, 6) is -1.65. The van der Waals surface area contributed by atoms with E-state index < -0.39 is 28.4 Å². The number of nitro groups is 1. The van der Waals surface area contributed by atoms with Gasteiger partial charge in [0.05, 0.1) is 23.3 Å². The van der Waals surface area contributed by atoms with Crippen molar-refractivity contribution in [3.05, 3.63) is 92.1 Å². The Labute approximate surface area is 168 Å². The molecule has 3 aromatic rings. The van der Waals surface area contributed by atoms with Crippen LogP contribution < -0.4 is 0 Å². The van der Waals surface area contributed by atoms with Crippen molar-refractivity contribution >= 4 is 34.5 Å². The van der Waals surface area contributed by atoms with Gasteiger partial charge in [-0.2, -0.15) is 0 Å². The maximum Gasteiger partial charge on any atom is 0.296 e. The Hall–Kier alpha value is -3.72. The lowest BCUT2D eigenvalue weighted by Gasteiger charge is -2.22. The second-order valence-corrected chi connectivity index (χ2v) is 7.36. The fraction of sp³-hybridized carbons (Fsp3) is 0.100. The summed E-state index contributed by atoms with van der Waals surface area (Å²) in [5, 5.41) is 23.5. The first-order chi connectivity index (χ1) is 14.0. The molecule has 1 aliphatic rings. The number of carbonyl (C=O) groups excluding carboxylic acids is 2. The molecule has 2 aromatic heterocycles. The first-order valence-corrected chi connectivity index (χ1v) is 9.44. The summed E-state index contributed by atoms with van der Waals surface area (Å²) in [6.45, 7) is 0.185. The van der Waals surface area contributed by atoms with E-state index in [9.17, 15) is 24.8 Å². The van der Waals surface area contributed by atoms with Crippen molar-refractivity contribution in [2.45, 2.75) is 12.6 Å². The molecule has 1 saturated heterocycles. The van der Waals surface area contributed by atoms with Gasteiger partial charge in [0.1, 0.15) is 17.6 Å². The van der Waals surface area contributed by atoms with E-state index in [1.54, 1.807) is 12.1 Å². The highest BCUT2D eigenvalue weighted by Gasteiger charge is 2.47. The largest absolute Gasteiger partial charge is 0.507 e. The number of aliphatic hydroxyl groups excluding tert-OH is 1. The van der Waals surface area contributed by atoms with Gasteiger partial charge in [0.2, 0.25) is 0 Å². The quantitative estimate of drug-likeness (QED) is 0.225. The molecule has 3 heterocycles. The number of nitro benzene ring substituents is 1. The highest BCUT2D eigenvalue weighted by Crippen LogP contribution is 2.40. The molecule has 1 fully saturated rings. The first kappa shape index (κ1) is 18.6. The van der Waals surface area contributed by atoms with Crippen LogP contribution in [0.3, 0.4) is 0 Å². The lowest BCUT2D eigenvalue weighted by atomic mass is 9.99. The average Bonchev–Trinajstić information content (AvgIpc) is 3.46. The van der Waals surface area contributed by atoms with E-state index in [-0.39, 0.29) is 23.4 Å². The molecule has 0 aliphatic carbocycles. The lowest BCUT2D eigenvalue weighted by molar-refractivity contribution is -0.384. The van der Waals surface area contributed by atoms with E-state index in [2.05, 4.69) is 0 Å². The minimum atomic E-state index is -0.901. The third kappa shape index (κ3) is 3.32. The second kappa shape index (κ2) is 7.36. The minimum absolute atomic E-state index is 0.115. The van der Waals surface area contributed by atoms with E-state index in [1.807, 2.05) is 17.5 Å². The zero-order chi connectivity index (χ0) is 20.5. The summed E-state index contributed by atoms with van der Waals surface area (Å²) >= 11 is 1.44. The van der Waals surface area contributed by atoms with E-state index in [4.69, 9.17) is 4.42 Å². The molecule has 0 spiro atoms. The Morgan fingerprint density at radius 2 is 1.93 bits per heavy atom. The van der Waals surface area contributed by atoms with Crippen molar-refractivity contribution in [3.8, 4) is 0 Å². The van der Waals surface area contributed by atoms with E-state index >= 15 is 0 Å².